The van der Waals surface area contributed by atoms with Gasteiger partial charge in [-0.05, 0) is 98.2 Å². The number of esters is 1. The summed E-state index contributed by atoms with van der Waals surface area (Å²) in [7, 11) is 0. The SMILES string of the molecule is CC(C)CCC[C@H](C)[C@H]1CC[C@H]2[C@@H]3CC=C4C[C@@H](OC(=O)[C@@H](C)Cl)CC[C@]4(C)[C@H]3CC[C@]12C. The van der Waals surface area contributed by atoms with Crippen molar-refractivity contribution in [2.24, 2.45) is 46.3 Å². The Bertz CT molecular complexity index is 742. The molecule has 3 saturated carbocycles. The zero-order chi connectivity index (χ0) is 24.0. The van der Waals surface area contributed by atoms with Crippen LogP contribution in [0.4, 0.5) is 0 Å². The van der Waals surface area contributed by atoms with Gasteiger partial charge in [0, 0.05) is 6.42 Å². The molecular weight excluding hydrogens is 428 g/mol. The van der Waals surface area contributed by atoms with Crippen molar-refractivity contribution >= 4 is 17.6 Å². The van der Waals surface area contributed by atoms with Gasteiger partial charge in [0.25, 0.3) is 0 Å². The summed E-state index contributed by atoms with van der Waals surface area (Å²) < 4.78 is 5.74. The van der Waals surface area contributed by atoms with E-state index in [2.05, 4.69) is 40.7 Å². The third-order valence-corrected chi connectivity index (χ3v) is 11.0. The molecule has 3 heteroatoms. The quantitative estimate of drug-likeness (QED) is 0.209. The molecule has 0 aliphatic heterocycles. The second kappa shape index (κ2) is 9.87. The molecule has 2 nitrogen and oxygen atoms in total. The molecule has 0 unspecified atom stereocenters. The largest absolute Gasteiger partial charge is 0.461 e. The smallest absolute Gasteiger partial charge is 0.324 e. The van der Waals surface area contributed by atoms with Gasteiger partial charge >= 0.3 is 5.97 Å². The molecule has 4 aliphatic rings. The maximum absolute atomic E-state index is 12.1. The maximum atomic E-state index is 12.1. The molecule has 0 spiro atoms. The average molecular weight is 477 g/mol. The zero-order valence-corrected chi connectivity index (χ0v) is 22.9. The van der Waals surface area contributed by atoms with Crippen molar-refractivity contribution in [1.82, 2.24) is 0 Å². The summed E-state index contributed by atoms with van der Waals surface area (Å²) in [6.45, 7) is 14.2. The predicted molar refractivity (Wildman–Crippen MR) is 138 cm³/mol. The first kappa shape index (κ1) is 25.6. The van der Waals surface area contributed by atoms with Crippen molar-refractivity contribution in [3.05, 3.63) is 11.6 Å². The summed E-state index contributed by atoms with van der Waals surface area (Å²) in [5.74, 6) is 4.93. The molecule has 4 aliphatic carbocycles. The molecule has 4 rings (SSSR count). The number of rotatable bonds is 7. The van der Waals surface area contributed by atoms with Gasteiger partial charge in [-0.1, -0.05) is 65.5 Å². The van der Waals surface area contributed by atoms with E-state index >= 15 is 0 Å². The lowest BCUT2D eigenvalue weighted by atomic mass is 9.47. The van der Waals surface area contributed by atoms with Gasteiger partial charge in [0.15, 0.2) is 0 Å². The Morgan fingerprint density at radius 2 is 1.82 bits per heavy atom. The normalized spacial score (nSPS) is 42.1. The van der Waals surface area contributed by atoms with Crippen LogP contribution in [0.15, 0.2) is 11.6 Å². The molecule has 0 amide bonds. The number of fused-ring (bicyclic) bond motifs is 5. The minimum Gasteiger partial charge on any atom is -0.461 e. The first-order valence-electron chi connectivity index (χ1n) is 14.1. The molecule has 0 bridgehead atoms. The van der Waals surface area contributed by atoms with Crippen LogP contribution >= 0.6 is 11.6 Å². The van der Waals surface area contributed by atoms with Crippen LogP contribution in [0.2, 0.25) is 0 Å². The molecule has 0 heterocycles. The van der Waals surface area contributed by atoms with Crippen molar-refractivity contribution in [2.45, 2.75) is 124 Å². The highest BCUT2D eigenvalue weighted by molar-refractivity contribution is 6.29. The highest BCUT2D eigenvalue weighted by Gasteiger charge is 2.59. The van der Waals surface area contributed by atoms with Crippen molar-refractivity contribution in [2.75, 3.05) is 0 Å². The van der Waals surface area contributed by atoms with E-state index in [9.17, 15) is 4.79 Å². The third kappa shape index (κ3) is 4.81. The second-order valence-electron chi connectivity index (χ2n) is 13.2. The minimum atomic E-state index is -0.554. The molecule has 188 valence electrons. The molecule has 0 aromatic carbocycles. The van der Waals surface area contributed by atoms with Crippen molar-refractivity contribution in [1.29, 1.82) is 0 Å². The van der Waals surface area contributed by atoms with Crippen LogP contribution in [-0.4, -0.2) is 17.5 Å². The summed E-state index contributed by atoms with van der Waals surface area (Å²) in [6.07, 6.45) is 16.8. The summed E-state index contributed by atoms with van der Waals surface area (Å²) in [6, 6.07) is 0. The van der Waals surface area contributed by atoms with Gasteiger partial charge in [-0.15, -0.1) is 11.6 Å². The first-order valence-corrected chi connectivity index (χ1v) is 14.5. The Labute approximate surface area is 208 Å². The highest BCUT2D eigenvalue weighted by Crippen LogP contribution is 2.67. The van der Waals surface area contributed by atoms with Gasteiger partial charge in [0.1, 0.15) is 11.5 Å². The van der Waals surface area contributed by atoms with Crippen LogP contribution in [0.1, 0.15) is 112 Å². The number of carbonyl (C=O) groups is 1. The van der Waals surface area contributed by atoms with Gasteiger partial charge in [-0.25, -0.2) is 0 Å². The summed E-state index contributed by atoms with van der Waals surface area (Å²) in [4.78, 5) is 12.1. The number of allylic oxidation sites excluding steroid dienone is 1. The molecule has 0 aromatic rings. The fourth-order valence-electron chi connectivity index (χ4n) is 9.01. The van der Waals surface area contributed by atoms with E-state index in [1.807, 2.05) is 0 Å². The van der Waals surface area contributed by atoms with E-state index in [-0.39, 0.29) is 12.1 Å². The summed E-state index contributed by atoms with van der Waals surface area (Å²) in [5, 5.41) is -0.554. The monoisotopic (exact) mass is 476 g/mol. The van der Waals surface area contributed by atoms with Crippen molar-refractivity contribution < 1.29 is 9.53 Å². The van der Waals surface area contributed by atoms with Gasteiger partial charge in [-0.3, -0.25) is 4.79 Å². The van der Waals surface area contributed by atoms with E-state index in [1.165, 1.54) is 51.4 Å². The number of halogens is 1. The van der Waals surface area contributed by atoms with Crippen molar-refractivity contribution in [3.8, 4) is 0 Å². The van der Waals surface area contributed by atoms with Crippen LogP contribution in [0.25, 0.3) is 0 Å². The lowest BCUT2D eigenvalue weighted by molar-refractivity contribution is -0.150. The summed E-state index contributed by atoms with van der Waals surface area (Å²) in [5.41, 5.74) is 2.43. The average Bonchev–Trinajstić information content (AvgIpc) is 3.11. The predicted octanol–water partition coefficient (Wildman–Crippen LogP) is 8.57. The molecule has 0 radical (unpaired) electrons. The van der Waals surface area contributed by atoms with E-state index in [4.69, 9.17) is 16.3 Å². The van der Waals surface area contributed by atoms with E-state index < -0.39 is 5.38 Å². The fraction of sp³-hybridized carbons (Fsp3) is 0.900. The second-order valence-corrected chi connectivity index (χ2v) is 13.9. The molecule has 9 atom stereocenters. The number of ether oxygens (including phenoxy) is 1. The van der Waals surface area contributed by atoms with Gasteiger partial charge < -0.3 is 4.74 Å². The van der Waals surface area contributed by atoms with Gasteiger partial charge in [0.05, 0.1) is 0 Å². The molecule has 0 N–H and O–H groups in total. The van der Waals surface area contributed by atoms with E-state index in [0.29, 0.717) is 10.8 Å². The lowest BCUT2D eigenvalue weighted by Crippen LogP contribution is -2.51. The Hall–Kier alpha value is -0.500. The standard InChI is InChI=1S/C30H49ClO2/c1-19(2)8-7-9-20(3)25-12-13-26-24-11-10-22-18-23(33-28(32)21(4)31)14-16-29(22,5)27(24)15-17-30(25,26)6/h10,19-21,23-27H,7-9,11-18H2,1-6H3/t20-,21+,23-,24-,25+,26-,27-,29-,30+/m0/s1. The minimum absolute atomic E-state index is 0.0194. The van der Waals surface area contributed by atoms with Crippen LogP contribution in [0.5, 0.6) is 0 Å². The van der Waals surface area contributed by atoms with Crippen LogP contribution in [-0.2, 0) is 9.53 Å². The lowest BCUT2D eigenvalue weighted by Gasteiger charge is -2.58. The van der Waals surface area contributed by atoms with E-state index in [0.717, 1.165) is 54.8 Å². The Balaban J connectivity index is 1.45. The molecular formula is C30H49ClO2. The zero-order valence-electron chi connectivity index (χ0n) is 22.2. The van der Waals surface area contributed by atoms with Crippen molar-refractivity contribution in [3.63, 3.8) is 0 Å². The van der Waals surface area contributed by atoms with Crippen LogP contribution in [0, 0.1) is 46.3 Å². The molecule has 0 aromatic heterocycles. The highest BCUT2D eigenvalue weighted by atomic mass is 35.5. The number of alkyl halides is 1. The van der Waals surface area contributed by atoms with Gasteiger partial charge in [-0.2, -0.15) is 0 Å². The Morgan fingerprint density at radius 3 is 2.52 bits per heavy atom. The molecule has 33 heavy (non-hydrogen) atoms. The fourth-order valence-corrected chi connectivity index (χ4v) is 9.06. The third-order valence-electron chi connectivity index (χ3n) is 10.9. The topological polar surface area (TPSA) is 26.3 Å². The Kier molecular flexibility index (Phi) is 7.65. The van der Waals surface area contributed by atoms with Crippen LogP contribution in [0.3, 0.4) is 0 Å². The number of carbonyl (C=O) groups excluding carboxylic acids is 1. The maximum Gasteiger partial charge on any atom is 0.324 e. The first-order chi connectivity index (χ1) is 15.6. The Morgan fingerprint density at radius 1 is 1.06 bits per heavy atom. The van der Waals surface area contributed by atoms with E-state index in [1.54, 1.807) is 12.5 Å². The molecule has 3 fully saturated rings. The number of hydrogen-bond acceptors (Lipinski definition) is 2. The number of hydrogen-bond donors (Lipinski definition) is 0. The summed E-state index contributed by atoms with van der Waals surface area (Å²) >= 11 is 5.95. The molecule has 0 saturated heterocycles. The van der Waals surface area contributed by atoms with Crippen LogP contribution < -0.4 is 0 Å². The van der Waals surface area contributed by atoms with Gasteiger partial charge in [0.2, 0.25) is 0 Å².